The van der Waals surface area contributed by atoms with Crippen LogP contribution in [0.1, 0.15) is 0 Å². The molecule has 0 amide bonds. The van der Waals surface area contributed by atoms with Crippen molar-refractivity contribution in [2.75, 3.05) is 80.5 Å². The molecule has 0 aromatic heterocycles. The molecule has 151 valence electrons. The molecule has 0 aromatic carbocycles. The number of rotatable bonds is 0. The van der Waals surface area contributed by atoms with Crippen molar-refractivity contribution in [3.05, 3.63) is 10.8 Å². The summed E-state index contributed by atoms with van der Waals surface area (Å²) in [5.74, 6) is 0. The van der Waals surface area contributed by atoms with Gasteiger partial charge in [0, 0.05) is 52.4 Å². The Balaban J connectivity index is -0.000000436. The zero-order valence-corrected chi connectivity index (χ0v) is 17.5. The van der Waals surface area contributed by atoms with Gasteiger partial charge in [-0.2, -0.15) is 10.5 Å². The summed E-state index contributed by atoms with van der Waals surface area (Å²) >= 11 is 0. The molecule has 1 heterocycles. The van der Waals surface area contributed by atoms with Gasteiger partial charge >= 0.3 is 16.8 Å². The van der Waals surface area contributed by atoms with Gasteiger partial charge in [-0.25, -0.2) is 0 Å². The van der Waals surface area contributed by atoms with Crippen LogP contribution < -0.4 is 0 Å². The fraction of sp³-hybridized carbons (Fsp3) is 0.750. The molecule has 0 spiro atoms. The molecule has 0 atom stereocenters. The summed E-state index contributed by atoms with van der Waals surface area (Å²) in [6, 6.07) is 2.56. The predicted octanol–water partition coefficient (Wildman–Crippen LogP) is 0.146. The van der Waals surface area contributed by atoms with Gasteiger partial charge < -0.3 is 40.4 Å². The Morgan fingerprint density at radius 1 is 0.593 bits per heavy atom. The van der Waals surface area contributed by atoms with Crippen molar-refractivity contribution < 1.29 is 16.8 Å². The Morgan fingerprint density at radius 3 is 0.852 bits per heavy atom. The van der Waals surface area contributed by atoms with E-state index >= 15 is 0 Å². The maximum absolute atomic E-state index is 7.43. The van der Waals surface area contributed by atoms with Crippen LogP contribution in [0.3, 0.4) is 0 Å². The molecule has 10 nitrogen and oxygen atoms in total. The molecule has 1 aliphatic heterocycles. The van der Waals surface area contributed by atoms with Gasteiger partial charge in [-0.05, 0) is 28.2 Å². The van der Waals surface area contributed by atoms with Crippen LogP contribution in [0.25, 0.3) is 10.8 Å². The average Bonchev–Trinajstić information content (AvgIpc) is 2.62. The summed E-state index contributed by atoms with van der Waals surface area (Å²) in [5.41, 5.74) is 0. The summed E-state index contributed by atoms with van der Waals surface area (Å²) in [5, 5.41) is 29.7. The Kier molecular flexibility index (Phi) is 24.5. The average molecular weight is 419 g/mol. The quantitative estimate of drug-likeness (QED) is 0.406. The maximum atomic E-state index is 7.43. The minimum Gasteiger partial charge on any atom is -0.422 e. The number of aliphatic imine (C=N–C) groups is 2. The van der Waals surface area contributed by atoms with Gasteiger partial charge in [0.05, 0.1) is 12.4 Å². The molecule has 0 unspecified atom stereocenters. The smallest absolute Gasteiger partial charge is 0.422 e. The first kappa shape index (κ1) is 29.8. The molecule has 0 aliphatic carbocycles. The second-order valence-corrected chi connectivity index (χ2v) is 5.84. The van der Waals surface area contributed by atoms with Crippen LogP contribution in [-0.4, -0.2) is 112 Å². The van der Waals surface area contributed by atoms with Crippen molar-refractivity contribution >= 4 is 12.0 Å². The van der Waals surface area contributed by atoms with Gasteiger partial charge in [0.15, 0.2) is 0 Å². The summed E-state index contributed by atoms with van der Waals surface area (Å²) in [6.45, 7) is 9.40. The van der Waals surface area contributed by atoms with Crippen LogP contribution in [0, 0.1) is 22.9 Å². The van der Waals surface area contributed by atoms with E-state index in [4.69, 9.17) is 21.3 Å². The number of likely N-dealkylation sites (N-methyl/N-ethyl adjacent to an activating group) is 4. The van der Waals surface area contributed by atoms with Crippen LogP contribution in [0.5, 0.6) is 0 Å². The van der Waals surface area contributed by atoms with Crippen molar-refractivity contribution in [3.8, 4) is 12.4 Å². The molecule has 1 fully saturated rings. The normalized spacial score (nSPS) is 17.0. The van der Waals surface area contributed by atoms with E-state index in [1.54, 1.807) is 0 Å². The molecular formula is C16H28CoN10. The molecule has 1 rings (SSSR count). The summed E-state index contributed by atoms with van der Waals surface area (Å²) in [7, 11) is 8.89. The molecule has 1 radical (unpaired) electrons. The van der Waals surface area contributed by atoms with E-state index in [1.807, 2.05) is 0 Å². The van der Waals surface area contributed by atoms with Crippen molar-refractivity contribution in [1.82, 2.24) is 19.6 Å². The zero-order chi connectivity index (χ0) is 20.2. The van der Waals surface area contributed by atoms with Crippen molar-refractivity contribution in [2.24, 2.45) is 9.98 Å². The molecule has 0 saturated carbocycles. The van der Waals surface area contributed by atoms with Crippen molar-refractivity contribution in [2.45, 2.75) is 0 Å². The van der Waals surface area contributed by atoms with E-state index in [0.29, 0.717) is 0 Å². The molecule has 1 saturated heterocycles. The standard InChI is InChI=1S/C12H28N4.2C2N3.Co/c1-13-5-7-14(2)9-11-16(4)12-10-15(3)8-6-13;2*3-1-5-2-4;/h5-12H2,1-4H3;;;/q;2*-1;+2. The van der Waals surface area contributed by atoms with Crippen LogP contribution in [0.4, 0.5) is 0 Å². The Bertz CT molecular complexity index is 444. The minimum atomic E-state index is 0. The Labute approximate surface area is 173 Å². The monoisotopic (exact) mass is 419 g/mol. The van der Waals surface area contributed by atoms with E-state index in [0.717, 1.165) is 0 Å². The van der Waals surface area contributed by atoms with Crippen LogP contribution in [0.15, 0.2) is 9.98 Å². The van der Waals surface area contributed by atoms with E-state index in [-0.39, 0.29) is 16.8 Å². The second kappa shape index (κ2) is 22.1. The first-order valence-electron chi connectivity index (χ1n) is 8.11. The van der Waals surface area contributed by atoms with Gasteiger partial charge in [-0.1, -0.05) is 0 Å². The van der Waals surface area contributed by atoms with Gasteiger partial charge in [-0.3, -0.25) is 0 Å². The first-order valence-corrected chi connectivity index (χ1v) is 8.11. The fourth-order valence-corrected chi connectivity index (χ4v) is 1.86. The SMILES string of the molecule is CN1CCN(C)CCN(C)CCN(C)CC1.N#CN=C=[N-].N#CN=C=[N-].[Co+2]. The molecule has 11 heteroatoms. The molecular weight excluding hydrogens is 391 g/mol. The van der Waals surface area contributed by atoms with Gasteiger partial charge in [0.2, 0.25) is 0 Å². The van der Waals surface area contributed by atoms with Crippen LogP contribution in [-0.2, 0) is 16.8 Å². The topological polar surface area (TPSA) is 130 Å². The zero-order valence-electron chi connectivity index (χ0n) is 16.5. The summed E-state index contributed by atoms with van der Waals surface area (Å²) in [6.07, 6.45) is 2.56. The number of nitriles is 2. The molecule has 0 aromatic rings. The minimum absolute atomic E-state index is 0. The van der Waals surface area contributed by atoms with Crippen LogP contribution in [0.2, 0.25) is 0 Å². The Hall–Kier alpha value is -1.91. The fourth-order valence-electron chi connectivity index (χ4n) is 1.86. The third-order valence-electron chi connectivity index (χ3n) is 3.65. The van der Waals surface area contributed by atoms with Crippen LogP contribution >= 0.6 is 0 Å². The van der Waals surface area contributed by atoms with Gasteiger partial charge in [0.1, 0.15) is 0 Å². The number of hydrogen-bond acceptors (Lipinski definition) is 8. The van der Waals surface area contributed by atoms with E-state index < -0.39 is 0 Å². The Morgan fingerprint density at radius 2 is 0.778 bits per heavy atom. The number of nitrogens with zero attached hydrogens (tertiary/aromatic N) is 10. The molecule has 27 heavy (non-hydrogen) atoms. The summed E-state index contributed by atoms with van der Waals surface area (Å²) in [4.78, 5) is 14.9. The molecule has 1 aliphatic rings. The third-order valence-corrected chi connectivity index (χ3v) is 3.65. The van der Waals surface area contributed by atoms with Gasteiger partial charge in [-0.15, -0.1) is 12.0 Å². The van der Waals surface area contributed by atoms with E-state index in [1.165, 1.54) is 76.8 Å². The van der Waals surface area contributed by atoms with Crippen molar-refractivity contribution in [1.29, 1.82) is 10.5 Å². The summed E-state index contributed by atoms with van der Waals surface area (Å²) < 4.78 is 0. The second-order valence-electron chi connectivity index (χ2n) is 5.84. The maximum Gasteiger partial charge on any atom is 2.00 e. The van der Waals surface area contributed by atoms with E-state index in [2.05, 4.69) is 57.8 Å². The number of hydrogen-bond donors (Lipinski definition) is 0. The third kappa shape index (κ3) is 24.1. The molecule has 0 bridgehead atoms. The largest absolute Gasteiger partial charge is 2.00 e. The van der Waals surface area contributed by atoms with Crippen molar-refractivity contribution in [3.63, 3.8) is 0 Å². The first-order chi connectivity index (χ1) is 12.4. The predicted molar refractivity (Wildman–Crippen MR) is 103 cm³/mol. The van der Waals surface area contributed by atoms with E-state index in [9.17, 15) is 0 Å². The molecule has 0 N–H and O–H groups in total. The van der Waals surface area contributed by atoms with Gasteiger partial charge in [0.25, 0.3) is 0 Å².